The highest BCUT2D eigenvalue weighted by molar-refractivity contribution is 6.26. The van der Waals surface area contributed by atoms with Crippen LogP contribution in [0.15, 0.2) is 42.5 Å². The fourth-order valence-corrected chi connectivity index (χ4v) is 3.49. The van der Waals surface area contributed by atoms with E-state index >= 15 is 0 Å². The van der Waals surface area contributed by atoms with E-state index in [0.29, 0.717) is 23.8 Å². The Morgan fingerprint density at radius 3 is 2.12 bits per heavy atom. The van der Waals surface area contributed by atoms with Gasteiger partial charge < -0.3 is 49.9 Å². The van der Waals surface area contributed by atoms with Gasteiger partial charge in [0.15, 0.2) is 5.97 Å². The lowest BCUT2D eigenvalue weighted by atomic mass is 10.2. The number of aliphatic carboxylic acids is 2. The van der Waals surface area contributed by atoms with Gasteiger partial charge in [-0.05, 0) is 12.1 Å². The Morgan fingerprint density at radius 1 is 1.09 bits per heavy atom. The first-order chi connectivity index (χ1) is 16.2. The Labute approximate surface area is 197 Å². The van der Waals surface area contributed by atoms with Crippen LogP contribution >= 0.6 is 0 Å². The summed E-state index contributed by atoms with van der Waals surface area (Å²) in [7, 11) is 3.19. The van der Waals surface area contributed by atoms with Crippen LogP contribution in [0.4, 0.5) is 11.4 Å². The van der Waals surface area contributed by atoms with E-state index in [1.807, 2.05) is 18.2 Å². The second kappa shape index (κ2) is 13.1. The molecule has 1 atom stereocenters. The molecule has 11 nitrogen and oxygen atoms in total. The summed E-state index contributed by atoms with van der Waals surface area (Å²) in [4.78, 5) is 21.7. The van der Waals surface area contributed by atoms with Crippen LogP contribution in [-0.4, -0.2) is 81.8 Å². The average Bonchev–Trinajstić information content (AvgIpc) is 2.83. The van der Waals surface area contributed by atoms with E-state index in [-0.39, 0.29) is 6.61 Å². The SMILES string of the molecule is COc1cc(OC)cc(OCC(O)C[NH+]2CCN(c3ccccc3N)CC2)c1.O=C([O-])C(=O)O. The van der Waals surface area contributed by atoms with Gasteiger partial charge in [-0.15, -0.1) is 0 Å². The van der Waals surface area contributed by atoms with E-state index in [1.165, 1.54) is 4.90 Å². The number of aliphatic hydroxyl groups excluding tert-OH is 1. The van der Waals surface area contributed by atoms with E-state index in [2.05, 4.69) is 11.0 Å². The standard InChI is InChI=1S/C21H29N3O4.C2H2O4/c1-26-17-11-18(27-2)13-19(12-17)28-15-16(25)14-23-7-9-24(10-8-23)21-6-4-3-5-20(21)22;3-1(4)2(5)6/h3-6,11-13,16,25H,7-10,14-15,22H2,1-2H3;(H,3,4)(H,5,6). The van der Waals surface area contributed by atoms with Crippen LogP contribution in [0.3, 0.4) is 0 Å². The van der Waals surface area contributed by atoms with Crippen LogP contribution in [0.5, 0.6) is 17.2 Å². The average molecular weight is 478 g/mol. The first-order valence-electron chi connectivity index (χ1n) is 10.6. The minimum Gasteiger partial charge on any atom is -0.539 e. The predicted molar refractivity (Wildman–Crippen MR) is 122 cm³/mol. The second-order valence-corrected chi connectivity index (χ2v) is 7.61. The summed E-state index contributed by atoms with van der Waals surface area (Å²) in [5, 5.41) is 26.7. The molecule has 0 spiro atoms. The number of methoxy groups -OCH3 is 2. The molecule has 0 radical (unpaired) electrons. The molecule has 11 heteroatoms. The maximum absolute atomic E-state index is 10.4. The zero-order chi connectivity index (χ0) is 25.1. The molecule has 3 rings (SSSR count). The molecule has 2 aromatic carbocycles. The topological polar surface area (TPSA) is 159 Å². The van der Waals surface area contributed by atoms with Crippen molar-refractivity contribution in [2.24, 2.45) is 0 Å². The molecule has 34 heavy (non-hydrogen) atoms. The molecule has 0 bridgehead atoms. The van der Waals surface area contributed by atoms with Gasteiger partial charge in [0.2, 0.25) is 0 Å². The Hall–Kier alpha value is -3.70. The van der Waals surface area contributed by atoms with Crippen LogP contribution in [0.2, 0.25) is 0 Å². The third-order valence-electron chi connectivity index (χ3n) is 5.21. The van der Waals surface area contributed by atoms with Gasteiger partial charge in [0.05, 0.1) is 51.8 Å². The highest BCUT2D eigenvalue weighted by atomic mass is 16.5. The van der Waals surface area contributed by atoms with Crippen molar-refractivity contribution < 1.29 is 44.0 Å². The molecule has 2 aromatic rings. The molecule has 0 amide bonds. The largest absolute Gasteiger partial charge is 0.539 e. The first-order valence-corrected chi connectivity index (χ1v) is 10.6. The molecule has 1 saturated heterocycles. The number of anilines is 2. The normalized spacial score (nSPS) is 14.4. The number of aliphatic hydroxyl groups is 1. The number of piperazine rings is 1. The molecule has 1 aliphatic heterocycles. The van der Waals surface area contributed by atoms with E-state index in [9.17, 15) is 5.11 Å². The third-order valence-corrected chi connectivity index (χ3v) is 5.21. The molecule has 1 fully saturated rings. The summed E-state index contributed by atoms with van der Waals surface area (Å²) < 4.78 is 16.2. The molecule has 1 aliphatic rings. The summed E-state index contributed by atoms with van der Waals surface area (Å²) in [5.41, 5.74) is 7.99. The van der Waals surface area contributed by atoms with E-state index in [4.69, 9.17) is 39.7 Å². The number of ether oxygens (including phenoxy) is 3. The van der Waals surface area contributed by atoms with E-state index < -0.39 is 18.0 Å². The molecule has 0 saturated carbocycles. The van der Waals surface area contributed by atoms with E-state index in [1.54, 1.807) is 32.4 Å². The van der Waals surface area contributed by atoms with Crippen LogP contribution < -0.4 is 34.9 Å². The number of para-hydroxylation sites is 2. The summed E-state index contributed by atoms with van der Waals surface area (Å²) in [6.07, 6.45) is -0.541. The minimum absolute atomic E-state index is 0.231. The fraction of sp³-hybridized carbons (Fsp3) is 0.391. The number of nitrogens with two attached hydrogens (primary N) is 1. The number of nitrogen functional groups attached to an aromatic ring is 1. The minimum atomic E-state index is -2.07. The van der Waals surface area contributed by atoms with Crippen LogP contribution in [0.1, 0.15) is 0 Å². The highest BCUT2D eigenvalue weighted by Crippen LogP contribution is 2.27. The number of carboxylic acid groups (broad SMARTS) is 2. The quantitative estimate of drug-likeness (QED) is 0.254. The molecular formula is C23H31N3O8. The third kappa shape index (κ3) is 8.34. The number of benzene rings is 2. The number of hydrogen-bond donors (Lipinski definition) is 4. The van der Waals surface area contributed by atoms with Crippen molar-refractivity contribution >= 4 is 23.3 Å². The lowest BCUT2D eigenvalue weighted by molar-refractivity contribution is -0.903. The zero-order valence-electron chi connectivity index (χ0n) is 19.2. The summed E-state index contributed by atoms with van der Waals surface area (Å²) in [5.74, 6) is -2.07. The van der Waals surface area contributed by atoms with Gasteiger partial charge in [0.25, 0.3) is 0 Å². The van der Waals surface area contributed by atoms with Crippen molar-refractivity contribution in [3.8, 4) is 17.2 Å². The Kier molecular flexibility index (Phi) is 10.2. The van der Waals surface area contributed by atoms with Crippen molar-refractivity contribution in [1.29, 1.82) is 0 Å². The number of nitrogens with zero attached hydrogens (tertiary/aromatic N) is 1. The summed E-state index contributed by atoms with van der Waals surface area (Å²) in [6, 6.07) is 13.3. The van der Waals surface area contributed by atoms with Gasteiger partial charge in [-0.3, -0.25) is 0 Å². The van der Waals surface area contributed by atoms with Gasteiger partial charge in [0.1, 0.15) is 36.5 Å². The van der Waals surface area contributed by atoms with Crippen molar-refractivity contribution in [3.63, 3.8) is 0 Å². The van der Waals surface area contributed by atoms with Crippen molar-refractivity contribution in [2.45, 2.75) is 6.10 Å². The maximum Gasteiger partial charge on any atom is 0.351 e. The van der Waals surface area contributed by atoms with Gasteiger partial charge in [-0.2, -0.15) is 0 Å². The van der Waals surface area contributed by atoms with Gasteiger partial charge in [-0.25, -0.2) is 4.79 Å². The van der Waals surface area contributed by atoms with Crippen LogP contribution in [-0.2, 0) is 9.59 Å². The Balaban J connectivity index is 0.000000604. The maximum atomic E-state index is 10.4. The highest BCUT2D eigenvalue weighted by Gasteiger charge is 2.23. The number of carbonyl (C=O) groups excluding carboxylic acids is 1. The number of carbonyl (C=O) groups is 2. The molecule has 5 N–H and O–H groups in total. The zero-order valence-corrected chi connectivity index (χ0v) is 19.2. The lowest BCUT2D eigenvalue weighted by Crippen LogP contribution is -3.16. The fourth-order valence-electron chi connectivity index (χ4n) is 3.49. The number of rotatable bonds is 8. The van der Waals surface area contributed by atoms with E-state index in [0.717, 1.165) is 37.6 Å². The molecular weight excluding hydrogens is 446 g/mol. The summed E-state index contributed by atoms with van der Waals surface area (Å²) >= 11 is 0. The van der Waals surface area contributed by atoms with Crippen molar-refractivity contribution in [1.82, 2.24) is 0 Å². The molecule has 186 valence electrons. The molecule has 1 heterocycles. The second-order valence-electron chi connectivity index (χ2n) is 7.61. The predicted octanol–water partition coefficient (Wildman–Crippen LogP) is -1.75. The van der Waals surface area contributed by atoms with Gasteiger partial charge in [0, 0.05) is 18.2 Å². The smallest absolute Gasteiger partial charge is 0.351 e. The Bertz CT molecular complexity index is 913. The lowest BCUT2D eigenvalue weighted by Gasteiger charge is -2.34. The van der Waals surface area contributed by atoms with Gasteiger partial charge >= 0.3 is 5.97 Å². The van der Waals surface area contributed by atoms with Crippen molar-refractivity contribution in [2.75, 3.05) is 64.2 Å². The summed E-state index contributed by atoms with van der Waals surface area (Å²) in [6.45, 7) is 4.64. The number of nitrogens with one attached hydrogen (secondary N) is 1. The number of carboxylic acids is 2. The van der Waals surface area contributed by atoms with Crippen molar-refractivity contribution in [3.05, 3.63) is 42.5 Å². The Morgan fingerprint density at radius 2 is 1.62 bits per heavy atom. The number of hydrogen-bond acceptors (Lipinski definition) is 9. The van der Waals surface area contributed by atoms with Crippen LogP contribution in [0.25, 0.3) is 0 Å². The van der Waals surface area contributed by atoms with Crippen LogP contribution in [0, 0.1) is 0 Å². The monoisotopic (exact) mass is 477 g/mol. The number of quaternary nitrogens is 1. The first kappa shape index (κ1) is 26.6. The molecule has 0 aromatic heterocycles. The molecule has 1 unspecified atom stereocenters. The molecule has 0 aliphatic carbocycles. The van der Waals surface area contributed by atoms with Gasteiger partial charge in [-0.1, -0.05) is 12.1 Å².